The van der Waals surface area contributed by atoms with Crippen LogP contribution in [0.5, 0.6) is 5.75 Å². The van der Waals surface area contributed by atoms with Crippen LogP contribution in [0.1, 0.15) is 23.7 Å². The van der Waals surface area contributed by atoms with Gasteiger partial charge in [0.15, 0.2) is 5.75 Å². The van der Waals surface area contributed by atoms with E-state index >= 15 is 0 Å². The van der Waals surface area contributed by atoms with Gasteiger partial charge in [-0.25, -0.2) is 4.39 Å². The van der Waals surface area contributed by atoms with E-state index in [9.17, 15) is 4.39 Å². The highest BCUT2D eigenvalue weighted by Crippen LogP contribution is 2.40. The van der Waals surface area contributed by atoms with Gasteiger partial charge in [0.05, 0.1) is 16.2 Å². The fourth-order valence-corrected chi connectivity index (χ4v) is 3.57. The highest BCUT2D eigenvalue weighted by Gasteiger charge is 2.30. The Balaban J connectivity index is 1.96. The minimum atomic E-state index is -0.386. The fraction of sp³-hybridized carbons (Fsp3) is 0.353. The Morgan fingerprint density at radius 2 is 2.00 bits per heavy atom. The molecule has 0 amide bonds. The number of halogens is 3. The number of aryl methyl sites for hydroxylation is 1. The summed E-state index contributed by atoms with van der Waals surface area (Å²) in [4.78, 5) is 3.94. The van der Waals surface area contributed by atoms with Crippen molar-refractivity contribution in [1.82, 2.24) is 10.3 Å². The number of aromatic nitrogens is 1. The number of pyridine rings is 1. The maximum absolute atomic E-state index is 13.6. The minimum absolute atomic E-state index is 0.201. The van der Waals surface area contributed by atoms with Crippen molar-refractivity contribution in [3.8, 4) is 5.75 Å². The molecule has 0 aliphatic carbocycles. The standard InChI is InChI=1S/C17H17Cl2FN2O/c1-10-4-14(18)17(15(19)5-10)23-16(11-2-3-21-7-11)12-6-13(20)9-22-8-12/h4-6,8-9,11,16,21H,2-3,7H2,1H3/t11-,16+/m1/s1. The van der Waals surface area contributed by atoms with Gasteiger partial charge in [-0.1, -0.05) is 23.2 Å². The third-order valence-electron chi connectivity index (χ3n) is 3.97. The van der Waals surface area contributed by atoms with Crippen molar-refractivity contribution in [1.29, 1.82) is 0 Å². The predicted octanol–water partition coefficient (Wildman–Crippen LogP) is 4.57. The summed E-state index contributed by atoms with van der Waals surface area (Å²) >= 11 is 12.6. The fourth-order valence-electron chi connectivity index (χ4n) is 2.88. The Bertz CT molecular complexity index is 682. The molecule has 2 aromatic rings. The second-order valence-electron chi connectivity index (χ2n) is 5.79. The van der Waals surface area contributed by atoms with Crippen molar-refractivity contribution in [2.75, 3.05) is 13.1 Å². The van der Waals surface area contributed by atoms with E-state index in [0.29, 0.717) is 21.4 Å². The van der Waals surface area contributed by atoms with Crippen LogP contribution in [0.3, 0.4) is 0 Å². The lowest BCUT2D eigenvalue weighted by Gasteiger charge is -2.25. The number of rotatable bonds is 4. The van der Waals surface area contributed by atoms with E-state index in [1.54, 1.807) is 18.3 Å². The van der Waals surface area contributed by atoms with Crippen LogP contribution in [-0.4, -0.2) is 18.1 Å². The molecule has 0 radical (unpaired) electrons. The average molecular weight is 355 g/mol. The van der Waals surface area contributed by atoms with E-state index in [-0.39, 0.29) is 17.8 Å². The van der Waals surface area contributed by atoms with E-state index < -0.39 is 0 Å². The Morgan fingerprint density at radius 1 is 1.26 bits per heavy atom. The molecule has 1 N–H and O–H groups in total. The van der Waals surface area contributed by atoms with Gasteiger partial charge in [0.25, 0.3) is 0 Å². The van der Waals surface area contributed by atoms with Crippen LogP contribution in [0.4, 0.5) is 4.39 Å². The number of nitrogens with zero attached hydrogens (tertiary/aromatic N) is 1. The van der Waals surface area contributed by atoms with Crippen molar-refractivity contribution in [2.24, 2.45) is 5.92 Å². The van der Waals surface area contributed by atoms with Gasteiger partial charge < -0.3 is 10.1 Å². The molecule has 1 aliphatic rings. The SMILES string of the molecule is Cc1cc(Cl)c(O[C@H](c2cncc(F)c2)[C@@H]2CCNC2)c(Cl)c1. The van der Waals surface area contributed by atoms with E-state index in [0.717, 1.165) is 25.1 Å². The van der Waals surface area contributed by atoms with Gasteiger partial charge in [0, 0.05) is 24.2 Å². The molecule has 1 aromatic carbocycles. The molecule has 2 atom stereocenters. The van der Waals surface area contributed by atoms with Crippen LogP contribution in [0.15, 0.2) is 30.6 Å². The smallest absolute Gasteiger partial charge is 0.157 e. The van der Waals surface area contributed by atoms with E-state index in [2.05, 4.69) is 10.3 Å². The maximum Gasteiger partial charge on any atom is 0.157 e. The molecule has 0 unspecified atom stereocenters. The third-order valence-corrected chi connectivity index (χ3v) is 4.53. The molecule has 3 nitrogen and oxygen atoms in total. The quantitative estimate of drug-likeness (QED) is 0.873. The summed E-state index contributed by atoms with van der Waals surface area (Å²) in [5.41, 5.74) is 1.64. The Kier molecular flexibility index (Phi) is 5.05. The normalized spacial score (nSPS) is 18.9. The molecule has 1 aromatic heterocycles. The minimum Gasteiger partial charge on any atom is -0.482 e. The van der Waals surface area contributed by atoms with Crippen LogP contribution < -0.4 is 10.1 Å². The molecule has 1 fully saturated rings. The molecule has 3 rings (SSSR count). The van der Waals surface area contributed by atoms with E-state index in [4.69, 9.17) is 27.9 Å². The molecule has 0 saturated carbocycles. The molecule has 2 heterocycles. The third kappa shape index (κ3) is 3.77. The lowest BCUT2D eigenvalue weighted by Crippen LogP contribution is -2.22. The second-order valence-corrected chi connectivity index (χ2v) is 6.60. The summed E-state index contributed by atoms with van der Waals surface area (Å²) < 4.78 is 19.7. The monoisotopic (exact) mass is 354 g/mol. The van der Waals surface area contributed by atoms with Crippen molar-refractivity contribution >= 4 is 23.2 Å². The summed E-state index contributed by atoms with van der Waals surface area (Å²) in [5, 5.41) is 4.21. The van der Waals surface area contributed by atoms with E-state index in [1.165, 1.54) is 12.3 Å². The predicted molar refractivity (Wildman–Crippen MR) is 89.7 cm³/mol. The van der Waals surface area contributed by atoms with Crippen molar-refractivity contribution in [3.63, 3.8) is 0 Å². The van der Waals surface area contributed by atoms with Gasteiger partial charge >= 0.3 is 0 Å². The molecule has 0 spiro atoms. The molecule has 122 valence electrons. The van der Waals surface area contributed by atoms with Gasteiger partial charge in [-0.15, -0.1) is 0 Å². The van der Waals surface area contributed by atoms with Crippen LogP contribution >= 0.6 is 23.2 Å². The number of hydrogen-bond donors (Lipinski definition) is 1. The average Bonchev–Trinajstić information content (AvgIpc) is 3.00. The van der Waals surface area contributed by atoms with Crippen LogP contribution in [0.25, 0.3) is 0 Å². The summed E-state index contributed by atoms with van der Waals surface area (Å²) in [5.74, 6) is 0.246. The highest BCUT2D eigenvalue weighted by molar-refractivity contribution is 6.37. The molecule has 1 aliphatic heterocycles. The number of benzene rings is 1. The van der Waals surface area contributed by atoms with Crippen LogP contribution in [0, 0.1) is 18.7 Å². The van der Waals surface area contributed by atoms with Crippen molar-refractivity contribution in [2.45, 2.75) is 19.4 Å². The molecular weight excluding hydrogens is 338 g/mol. The molecule has 0 bridgehead atoms. The van der Waals surface area contributed by atoms with Gasteiger partial charge in [0.2, 0.25) is 0 Å². The second kappa shape index (κ2) is 7.04. The van der Waals surface area contributed by atoms with E-state index in [1.807, 2.05) is 6.92 Å². The maximum atomic E-state index is 13.6. The Labute approximate surface area is 144 Å². The zero-order valence-corrected chi connectivity index (χ0v) is 14.2. The summed E-state index contributed by atoms with van der Waals surface area (Å²) in [7, 11) is 0. The lowest BCUT2D eigenvalue weighted by atomic mass is 9.95. The summed E-state index contributed by atoms with van der Waals surface area (Å²) in [6.45, 7) is 3.61. The number of hydrogen-bond acceptors (Lipinski definition) is 3. The number of nitrogens with one attached hydrogen (secondary N) is 1. The number of ether oxygens (including phenoxy) is 1. The first-order valence-corrected chi connectivity index (χ1v) is 8.23. The van der Waals surface area contributed by atoms with Crippen molar-refractivity contribution < 1.29 is 9.13 Å². The largest absolute Gasteiger partial charge is 0.482 e. The van der Waals surface area contributed by atoms with Gasteiger partial charge in [0.1, 0.15) is 11.9 Å². The summed E-state index contributed by atoms with van der Waals surface area (Å²) in [6.07, 6.45) is 3.38. The van der Waals surface area contributed by atoms with Gasteiger partial charge in [-0.05, 0) is 43.7 Å². The zero-order valence-electron chi connectivity index (χ0n) is 12.7. The highest BCUT2D eigenvalue weighted by atomic mass is 35.5. The summed E-state index contributed by atoms with van der Waals surface area (Å²) in [6, 6.07) is 5.05. The molecular formula is C17H17Cl2FN2O. The molecule has 1 saturated heterocycles. The first-order valence-electron chi connectivity index (χ1n) is 7.48. The topological polar surface area (TPSA) is 34.1 Å². The Hall–Kier alpha value is -1.36. The van der Waals surface area contributed by atoms with Crippen LogP contribution in [0.2, 0.25) is 10.0 Å². The molecule has 23 heavy (non-hydrogen) atoms. The first kappa shape index (κ1) is 16.5. The molecule has 6 heteroatoms. The first-order chi connectivity index (χ1) is 11.0. The van der Waals surface area contributed by atoms with Crippen LogP contribution in [-0.2, 0) is 0 Å². The Morgan fingerprint density at radius 3 is 2.61 bits per heavy atom. The van der Waals surface area contributed by atoms with Gasteiger partial charge in [-0.3, -0.25) is 4.98 Å². The van der Waals surface area contributed by atoms with Gasteiger partial charge in [-0.2, -0.15) is 0 Å². The van der Waals surface area contributed by atoms with Crippen molar-refractivity contribution in [3.05, 3.63) is 57.6 Å². The lowest BCUT2D eigenvalue weighted by molar-refractivity contribution is 0.144. The zero-order chi connectivity index (χ0) is 16.4.